The molecular weight excluding hydrogens is 296 g/mol. The Morgan fingerprint density at radius 3 is 2.70 bits per heavy atom. The molecule has 1 aromatic carbocycles. The smallest absolute Gasteiger partial charge is 0.407 e. The topological polar surface area (TPSA) is 84.5 Å². The van der Waals surface area contributed by atoms with Crippen molar-refractivity contribution in [1.82, 2.24) is 10.6 Å². The van der Waals surface area contributed by atoms with E-state index in [4.69, 9.17) is 4.74 Å². The standard InChI is InChI=1S/C17H20N2O4/c1-17(2,3)23-16(22)18-10-12-6-4-5-11(7-12)8-13-9-14(20)19-15(13)21/h4-8H,9-10H2,1-3H3,(H,18,22)(H,19,20,21)/b13-8+. The molecule has 1 saturated heterocycles. The van der Waals surface area contributed by atoms with Gasteiger partial charge in [0.1, 0.15) is 5.60 Å². The summed E-state index contributed by atoms with van der Waals surface area (Å²) in [5, 5.41) is 4.92. The molecule has 6 nitrogen and oxygen atoms in total. The number of carbonyl (C=O) groups excluding carboxylic acids is 3. The second kappa shape index (κ2) is 6.64. The summed E-state index contributed by atoms with van der Waals surface area (Å²) in [6, 6.07) is 7.37. The highest BCUT2D eigenvalue weighted by atomic mass is 16.6. The second-order valence-corrected chi connectivity index (χ2v) is 6.32. The zero-order valence-corrected chi connectivity index (χ0v) is 13.4. The summed E-state index contributed by atoms with van der Waals surface area (Å²) < 4.78 is 5.17. The lowest BCUT2D eigenvalue weighted by Gasteiger charge is -2.19. The van der Waals surface area contributed by atoms with E-state index in [2.05, 4.69) is 10.6 Å². The maximum atomic E-state index is 11.6. The summed E-state index contributed by atoms with van der Waals surface area (Å²) in [6.07, 6.45) is 1.29. The number of hydrogen-bond acceptors (Lipinski definition) is 4. The zero-order chi connectivity index (χ0) is 17.0. The SMILES string of the molecule is CC(C)(C)OC(=O)NCc1cccc(/C=C2\CC(=O)NC2=O)c1. The highest BCUT2D eigenvalue weighted by molar-refractivity contribution is 6.15. The van der Waals surface area contributed by atoms with E-state index in [0.717, 1.165) is 11.1 Å². The monoisotopic (exact) mass is 316 g/mol. The third kappa shape index (κ3) is 5.25. The number of alkyl carbamates (subject to hydrolysis) is 1. The van der Waals surface area contributed by atoms with Crippen molar-refractivity contribution in [2.45, 2.75) is 39.3 Å². The van der Waals surface area contributed by atoms with Gasteiger partial charge in [-0.15, -0.1) is 0 Å². The Balaban J connectivity index is 2.00. The fourth-order valence-electron chi connectivity index (χ4n) is 2.10. The minimum atomic E-state index is -0.543. The predicted molar refractivity (Wildman–Crippen MR) is 85.3 cm³/mol. The van der Waals surface area contributed by atoms with Crippen molar-refractivity contribution >= 4 is 24.0 Å². The third-order valence-electron chi connectivity index (χ3n) is 3.02. The molecule has 0 aliphatic carbocycles. The minimum Gasteiger partial charge on any atom is -0.444 e. The van der Waals surface area contributed by atoms with Crippen LogP contribution in [0.5, 0.6) is 0 Å². The first-order valence-electron chi connectivity index (χ1n) is 7.33. The van der Waals surface area contributed by atoms with Crippen LogP contribution in [0.15, 0.2) is 29.8 Å². The summed E-state index contributed by atoms with van der Waals surface area (Å²) in [5.74, 6) is -0.642. The van der Waals surface area contributed by atoms with E-state index >= 15 is 0 Å². The number of benzene rings is 1. The lowest BCUT2D eigenvalue weighted by molar-refractivity contribution is -0.124. The Morgan fingerprint density at radius 1 is 1.35 bits per heavy atom. The molecule has 0 aromatic heterocycles. The Labute approximate surface area is 134 Å². The molecule has 0 bridgehead atoms. The molecule has 1 aliphatic heterocycles. The molecule has 0 unspecified atom stereocenters. The molecular formula is C17H20N2O4. The van der Waals surface area contributed by atoms with Crippen LogP contribution in [0, 0.1) is 0 Å². The lowest BCUT2D eigenvalue weighted by Crippen LogP contribution is -2.32. The molecule has 1 aliphatic rings. The molecule has 6 heteroatoms. The highest BCUT2D eigenvalue weighted by Gasteiger charge is 2.23. The number of imide groups is 1. The number of carbonyl (C=O) groups is 3. The Hall–Kier alpha value is -2.63. The third-order valence-corrected chi connectivity index (χ3v) is 3.02. The van der Waals surface area contributed by atoms with Crippen LogP contribution in [0.2, 0.25) is 0 Å². The first-order valence-corrected chi connectivity index (χ1v) is 7.33. The maximum absolute atomic E-state index is 11.6. The van der Waals surface area contributed by atoms with Gasteiger partial charge >= 0.3 is 6.09 Å². The van der Waals surface area contributed by atoms with Gasteiger partial charge in [0.2, 0.25) is 5.91 Å². The maximum Gasteiger partial charge on any atom is 0.407 e. The van der Waals surface area contributed by atoms with Crippen LogP contribution < -0.4 is 10.6 Å². The first kappa shape index (κ1) is 16.7. The fourth-order valence-corrected chi connectivity index (χ4v) is 2.10. The zero-order valence-electron chi connectivity index (χ0n) is 13.4. The van der Waals surface area contributed by atoms with Gasteiger partial charge in [-0.2, -0.15) is 0 Å². The van der Waals surface area contributed by atoms with E-state index in [9.17, 15) is 14.4 Å². The summed E-state index contributed by atoms with van der Waals surface area (Å²) >= 11 is 0. The van der Waals surface area contributed by atoms with Crippen LogP contribution in [0.3, 0.4) is 0 Å². The van der Waals surface area contributed by atoms with Gasteiger partial charge in [-0.25, -0.2) is 4.79 Å². The number of hydrogen-bond donors (Lipinski definition) is 2. The Morgan fingerprint density at radius 2 is 2.09 bits per heavy atom. The second-order valence-electron chi connectivity index (χ2n) is 6.32. The molecule has 0 spiro atoms. The van der Waals surface area contributed by atoms with Crippen molar-refractivity contribution < 1.29 is 19.1 Å². The molecule has 2 N–H and O–H groups in total. The molecule has 122 valence electrons. The molecule has 23 heavy (non-hydrogen) atoms. The molecule has 0 saturated carbocycles. The van der Waals surface area contributed by atoms with Crippen molar-refractivity contribution in [2.75, 3.05) is 0 Å². The van der Waals surface area contributed by atoms with Crippen LogP contribution in [0.25, 0.3) is 6.08 Å². The van der Waals surface area contributed by atoms with Gasteiger partial charge in [-0.05, 0) is 44.0 Å². The van der Waals surface area contributed by atoms with Crippen LogP contribution in [0.1, 0.15) is 38.3 Å². The molecule has 1 aromatic rings. The van der Waals surface area contributed by atoms with E-state index in [-0.39, 0.29) is 18.2 Å². The predicted octanol–water partition coefficient (Wildman–Crippen LogP) is 2.14. The molecule has 0 atom stereocenters. The number of amides is 3. The molecule has 1 fully saturated rings. The van der Waals surface area contributed by atoms with E-state index in [1.807, 2.05) is 24.3 Å². The minimum absolute atomic E-state index is 0.0964. The van der Waals surface area contributed by atoms with Gasteiger partial charge in [0.05, 0.1) is 6.42 Å². The molecule has 0 radical (unpaired) electrons. The quantitative estimate of drug-likeness (QED) is 0.661. The van der Waals surface area contributed by atoms with Crippen LogP contribution in [-0.2, 0) is 20.9 Å². The molecule has 3 amide bonds. The normalized spacial score (nSPS) is 16.4. The van der Waals surface area contributed by atoms with E-state index in [1.165, 1.54) is 0 Å². The average Bonchev–Trinajstić information content (AvgIpc) is 2.73. The van der Waals surface area contributed by atoms with Crippen molar-refractivity contribution in [1.29, 1.82) is 0 Å². The van der Waals surface area contributed by atoms with Crippen molar-refractivity contribution in [3.8, 4) is 0 Å². The van der Waals surface area contributed by atoms with Gasteiger partial charge in [0, 0.05) is 12.1 Å². The van der Waals surface area contributed by atoms with Gasteiger partial charge in [0.15, 0.2) is 0 Å². The molecule has 1 heterocycles. The number of ether oxygens (including phenoxy) is 1. The van der Waals surface area contributed by atoms with Crippen molar-refractivity contribution in [2.24, 2.45) is 0 Å². The van der Waals surface area contributed by atoms with Gasteiger partial charge in [0.25, 0.3) is 5.91 Å². The highest BCUT2D eigenvalue weighted by Crippen LogP contribution is 2.16. The van der Waals surface area contributed by atoms with Crippen molar-refractivity contribution in [3.63, 3.8) is 0 Å². The first-order chi connectivity index (χ1) is 10.7. The van der Waals surface area contributed by atoms with Gasteiger partial charge in [-0.1, -0.05) is 18.2 Å². The Kier molecular flexibility index (Phi) is 4.83. The van der Waals surface area contributed by atoms with Gasteiger partial charge < -0.3 is 10.1 Å². The summed E-state index contributed by atoms with van der Waals surface area (Å²) in [5.41, 5.74) is 1.56. The van der Waals surface area contributed by atoms with Crippen LogP contribution >= 0.6 is 0 Å². The number of nitrogens with one attached hydrogen (secondary N) is 2. The lowest BCUT2D eigenvalue weighted by atomic mass is 10.1. The van der Waals surface area contributed by atoms with E-state index in [1.54, 1.807) is 26.8 Å². The van der Waals surface area contributed by atoms with Crippen LogP contribution in [-0.4, -0.2) is 23.5 Å². The summed E-state index contributed by atoms with van der Waals surface area (Å²) in [4.78, 5) is 34.4. The fraction of sp³-hybridized carbons (Fsp3) is 0.353. The van der Waals surface area contributed by atoms with Crippen LogP contribution in [0.4, 0.5) is 4.79 Å². The van der Waals surface area contributed by atoms with Gasteiger partial charge in [-0.3, -0.25) is 14.9 Å². The summed E-state index contributed by atoms with van der Waals surface area (Å²) in [7, 11) is 0. The van der Waals surface area contributed by atoms with E-state index in [0.29, 0.717) is 12.1 Å². The molecule has 2 rings (SSSR count). The summed E-state index contributed by atoms with van der Waals surface area (Å²) in [6.45, 7) is 5.71. The number of rotatable bonds is 3. The Bertz CT molecular complexity index is 671. The van der Waals surface area contributed by atoms with E-state index < -0.39 is 11.7 Å². The largest absolute Gasteiger partial charge is 0.444 e. The average molecular weight is 316 g/mol. The van der Waals surface area contributed by atoms with Crippen molar-refractivity contribution in [3.05, 3.63) is 41.0 Å².